The van der Waals surface area contributed by atoms with Crippen LogP contribution in [-0.2, 0) is 0 Å². The zero-order chi connectivity index (χ0) is 8.39. The molecule has 0 bridgehead atoms. The number of rotatable bonds is 3. The molecule has 2 nitrogen and oxygen atoms in total. The van der Waals surface area contributed by atoms with Crippen molar-refractivity contribution >= 4 is 15.9 Å². The van der Waals surface area contributed by atoms with E-state index < -0.39 is 0 Å². The third-order valence-corrected chi connectivity index (χ3v) is 2.56. The number of pyridine rings is 1. The molecular formula is C9H10BrNO. The van der Waals surface area contributed by atoms with Gasteiger partial charge in [0.15, 0.2) is 5.75 Å². The normalized spacial score (nSPS) is 16.1. The Morgan fingerprint density at radius 2 is 2.42 bits per heavy atom. The summed E-state index contributed by atoms with van der Waals surface area (Å²) in [5, 5.41) is 0. The number of nitrogens with zero attached hydrogens (tertiary/aromatic N) is 1. The quantitative estimate of drug-likeness (QED) is 0.793. The highest BCUT2D eigenvalue weighted by Gasteiger charge is 2.22. The molecule has 0 unspecified atom stereocenters. The smallest absolute Gasteiger partial charge is 0.151 e. The molecule has 2 rings (SSSR count). The van der Waals surface area contributed by atoms with E-state index in [0.29, 0.717) is 0 Å². The van der Waals surface area contributed by atoms with Crippen molar-refractivity contribution < 1.29 is 4.74 Å². The summed E-state index contributed by atoms with van der Waals surface area (Å²) in [5.74, 6) is 1.64. The molecule has 0 radical (unpaired) electrons. The lowest BCUT2D eigenvalue weighted by Gasteiger charge is -2.05. The van der Waals surface area contributed by atoms with E-state index in [9.17, 15) is 0 Å². The SMILES string of the molecule is Brc1ccncc1OCC1CC1. The van der Waals surface area contributed by atoms with Crippen LogP contribution in [0, 0.1) is 5.92 Å². The molecule has 3 heteroatoms. The molecule has 1 heterocycles. The van der Waals surface area contributed by atoms with Crippen molar-refractivity contribution in [2.24, 2.45) is 5.92 Å². The van der Waals surface area contributed by atoms with Crippen LogP contribution in [0.1, 0.15) is 12.8 Å². The van der Waals surface area contributed by atoms with Crippen LogP contribution in [0.15, 0.2) is 22.9 Å². The third-order valence-electron chi connectivity index (χ3n) is 1.91. The molecule has 0 spiro atoms. The maximum absolute atomic E-state index is 5.55. The first-order chi connectivity index (χ1) is 5.86. The maximum Gasteiger partial charge on any atom is 0.151 e. The Balaban J connectivity index is 1.96. The zero-order valence-corrected chi connectivity index (χ0v) is 8.25. The van der Waals surface area contributed by atoms with Gasteiger partial charge in [0.25, 0.3) is 0 Å². The lowest BCUT2D eigenvalue weighted by atomic mass is 10.4. The van der Waals surface area contributed by atoms with E-state index in [4.69, 9.17) is 4.74 Å². The van der Waals surface area contributed by atoms with Gasteiger partial charge in [-0.3, -0.25) is 4.98 Å². The third kappa shape index (κ3) is 1.97. The van der Waals surface area contributed by atoms with E-state index in [-0.39, 0.29) is 0 Å². The molecule has 1 aliphatic carbocycles. The average Bonchev–Trinajstić information content (AvgIpc) is 2.86. The molecule has 64 valence electrons. The minimum absolute atomic E-state index is 0.789. The molecule has 1 aliphatic rings. The summed E-state index contributed by atoms with van der Waals surface area (Å²) in [7, 11) is 0. The Bertz CT molecular complexity index is 273. The van der Waals surface area contributed by atoms with E-state index in [2.05, 4.69) is 20.9 Å². The van der Waals surface area contributed by atoms with E-state index in [1.54, 1.807) is 12.4 Å². The average molecular weight is 228 g/mol. The predicted molar refractivity (Wildman–Crippen MR) is 50.2 cm³/mol. The van der Waals surface area contributed by atoms with E-state index in [1.165, 1.54) is 12.8 Å². The first-order valence-electron chi connectivity index (χ1n) is 4.08. The molecular weight excluding hydrogens is 218 g/mol. The second-order valence-corrected chi connectivity index (χ2v) is 3.91. The van der Waals surface area contributed by atoms with Gasteiger partial charge in [0.1, 0.15) is 0 Å². The molecule has 1 saturated carbocycles. The van der Waals surface area contributed by atoms with Crippen LogP contribution in [0.4, 0.5) is 0 Å². The summed E-state index contributed by atoms with van der Waals surface area (Å²) in [6, 6.07) is 1.89. The molecule has 0 N–H and O–H groups in total. The molecule has 12 heavy (non-hydrogen) atoms. The molecule has 0 aliphatic heterocycles. The number of hydrogen-bond acceptors (Lipinski definition) is 2. The van der Waals surface area contributed by atoms with Crippen LogP contribution >= 0.6 is 15.9 Å². The van der Waals surface area contributed by atoms with Crippen LogP contribution in [0.5, 0.6) is 5.75 Å². The molecule has 0 amide bonds. The molecule has 1 fully saturated rings. The number of aromatic nitrogens is 1. The zero-order valence-electron chi connectivity index (χ0n) is 6.66. The van der Waals surface area contributed by atoms with Crippen molar-refractivity contribution in [1.29, 1.82) is 0 Å². The van der Waals surface area contributed by atoms with Crippen molar-refractivity contribution in [3.05, 3.63) is 22.9 Å². The lowest BCUT2D eigenvalue weighted by Crippen LogP contribution is -1.99. The first-order valence-corrected chi connectivity index (χ1v) is 4.88. The van der Waals surface area contributed by atoms with Crippen LogP contribution < -0.4 is 4.74 Å². The lowest BCUT2D eigenvalue weighted by molar-refractivity contribution is 0.297. The molecule has 1 aromatic rings. The van der Waals surface area contributed by atoms with Gasteiger partial charge in [-0.05, 0) is 40.8 Å². The second kappa shape index (κ2) is 3.44. The fourth-order valence-electron chi connectivity index (χ4n) is 0.961. The topological polar surface area (TPSA) is 22.1 Å². The summed E-state index contributed by atoms with van der Waals surface area (Å²) < 4.78 is 6.54. The first kappa shape index (κ1) is 8.05. The van der Waals surface area contributed by atoms with Crippen molar-refractivity contribution in [2.45, 2.75) is 12.8 Å². The minimum atomic E-state index is 0.789. The monoisotopic (exact) mass is 227 g/mol. The Labute approximate surface area is 80.1 Å². The number of ether oxygens (including phenoxy) is 1. The second-order valence-electron chi connectivity index (χ2n) is 3.06. The van der Waals surface area contributed by atoms with Gasteiger partial charge in [-0.25, -0.2) is 0 Å². The van der Waals surface area contributed by atoms with Crippen LogP contribution in [-0.4, -0.2) is 11.6 Å². The van der Waals surface area contributed by atoms with Gasteiger partial charge in [0.2, 0.25) is 0 Å². The van der Waals surface area contributed by atoms with E-state index >= 15 is 0 Å². The van der Waals surface area contributed by atoms with Crippen LogP contribution in [0.2, 0.25) is 0 Å². The van der Waals surface area contributed by atoms with Gasteiger partial charge < -0.3 is 4.74 Å². The van der Waals surface area contributed by atoms with Gasteiger partial charge in [-0.1, -0.05) is 0 Å². The summed E-state index contributed by atoms with van der Waals surface area (Å²) in [6.45, 7) is 0.838. The van der Waals surface area contributed by atoms with Gasteiger partial charge in [0.05, 0.1) is 17.3 Å². The fourth-order valence-corrected chi connectivity index (χ4v) is 1.30. The molecule has 0 aromatic carbocycles. The highest BCUT2D eigenvalue weighted by atomic mass is 79.9. The number of halogens is 1. The maximum atomic E-state index is 5.55. The predicted octanol–water partition coefficient (Wildman–Crippen LogP) is 2.63. The number of hydrogen-bond donors (Lipinski definition) is 0. The molecule has 0 saturated heterocycles. The van der Waals surface area contributed by atoms with Crippen molar-refractivity contribution in [3.8, 4) is 5.75 Å². The van der Waals surface area contributed by atoms with Gasteiger partial charge >= 0.3 is 0 Å². The Morgan fingerprint density at radius 3 is 3.08 bits per heavy atom. The fraction of sp³-hybridized carbons (Fsp3) is 0.444. The highest BCUT2D eigenvalue weighted by Crippen LogP contribution is 2.31. The van der Waals surface area contributed by atoms with E-state index in [0.717, 1.165) is 22.7 Å². The van der Waals surface area contributed by atoms with Gasteiger partial charge in [-0.15, -0.1) is 0 Å². The Morgan fingerprint density at radius 1 is 1.58 bits per heavy atom. The summed E-state index contributed by atoms with van der Waals surface area (Å²) in [5.41, 5.74) is 0. The van der Waals surface area contributed by atoms with Crippen molar-refractivity contribution in [2.75, 3.05) is 6.61 Å². The largest absolute Gasteiger partial charge is 0.490 e. The molecule has 0 atom stereocenters. The van der Waals surface area contributed by atoms with Gasteiger partial charge in [0, 0.05) is 6.20 Å². The van der Waals surface area contributed by atoms with Gasteiger partial charge in [-0.2, -0.15) is 0 Å². The molecule has 1 aromatic heterocycles. The Kier molecular flexibility index (Phi) is 2.30. The summed E-state index contributed by atoms with van der Waals surface area (Å²) >= 11 is 3.40. The minimum Gasteiger partial charge on any atom is -0.490 e. The Hall–Kier alpha value is -0.570. The highest BCUT2D eigenvalue weighted by molar-refractivity contribution is 9.10. The van der Waals surface area contributed by atoms with Crippen LogP contribution in [0.3, 0.4) is 0 Å². The van der Waals surface area contributed by atoms with Crippen molar-refractivity contribution in [1.82, 2.24) is 4.98 Å². The summed E-state index contributed by atoms with van der Waals surface area (Å²) in [4.78, 5) is 3.99. The summed E-state index contributed by atoms with van der Waals surface area (Å²) in [6.07, 6.45) is 6.12. The standard InChI is InChI=1S/C9H10BrNO/c10-8-3-4-11-5-9(8)12-6-7-1-2-7/h3-5,7H,1-2,6H2. The van der Waals surface area contributed by atoms with Crippen molar-refractivity contribution in [3.63, 3.8) is 0 Å². The van der Waals surface area contributed by atoms with E-state index in [1.807, 2.05) is 6.07 Å². The van der Waals surface area contributed by atoms with Crippen LogP contribution in [0.25, 0.3) is 0 Å².